The van der Waals surface area contributed by atoms with Crippen LogP contribution in [0.15, 0.2) is 54.6 Å². The molecule has 1 heterocycles. The molecule has 2 N–H and O–H groups in total. The molecule has 0 unspecified atom stereocenters. The summed E-state index contributed by atoms with van der Waals surface area (Å²) in [6.45, 7) is 10.9. The third kappa shape index (κ3) is 3.85. The van der Waals surface area contributed by atoms with E-state index in [-0.39, 0.29) is 28.9 Å². The minimum atomic E-state index is -0.163. The van der Waals surface area contributed by atoms with Crippen molar-refractivity contribution in [1.82, 2.24) is 10.6 Å². The van der Waals surface area contributed by atoms with Gasteiger partial charge in [-0.3, -0.25) is 4.79 Å². The van der Waals surface area contributed by atoms with Gasteiger partial charge in [-0.1, -0.05) is 58.0 Å². The van der Waals surface area contributed by atoms with Crippen molar-refractivity contribution in [3.8, 4) is 5.75 Å². The molecule has 1 aliphatic carbocycles. The zero-order valence-corrected chi connectivity index (χ0v) is 18.6. The molecule has 2 fully saturated rings. The molecule has 2 aliphatic rings. The summed E-state index contributed by atoms with van der Waals surface area (Å²) >= 11 is 0. The number of carbonyl (C=O) groups excluding carboxylic acids is 1. The first-order valence-corrected chi connectivity index (χ1v) is 11.1. The number of hydrogen-bond acceptors (Lipinski definition) is 3. The fourth-order valence-corrected chi connectivity index (χ4v) is 5.71. The van der Waals surface area contributed by atoms with E-state index in [1.54, 1.807) is 0 Å². The van der Waals surface area contributed by atoms with Crippen molar-refractivity contribution in [2.24, 2.45) is 10.8 Å². The predicted molar refractivity (Wildman–Crippen MR) is 121 cm³/mol. The Bertz CT molecular complexity index is 852. The minimum Gasteiger partial charge on any atom is -0.489 e. The van der Waals surface area contributed by atoms with Crippen LogP contribution >= 0.6 is 0 Å². The lowest BCUT2D eigenvalue weighted by Gasteiger charge is -2.63. The number of amides is 1. The van der Waals surface area contributed by atoms with E-state index in [1.165, 1.54) is 18.4 Å². The fraction of sp³-hybridized carbons (Fsp3) is 0.500. The van der Waals surface area contributed by atoms with E-state index in [4.69, 9.17) is 4.74 Å². The van der Waals surface area contributed by atoms with Crippen molar-refractivity contribution < 1.29 is 9.53 Å². The number of hydrogen-bond donors (Lipinski definition) is 2. The van der Waals surface area contributed by atoms with E-state index < -0.39 is 0 Å². The summed E-state index contributed by atoms with van der Waals surface area (Å²) < 4.78 is 6.32. The van der Waals surface area contributed by atoms with Gasteiger partial charge in [0.25, 0.3) is 5.91 Å². The van der Waals surface area contributed by atoms with E-state index in [1.807, 2.05) is 42.5 Å². The third-order valence-corrected chi connectivity index (χ3v) is 7.10. The topological polar surface area (TPSA) is 50.4 Å². The number of para-hydroxylation sites is 1. The first kappa shape index (κ1) is 20.9. The van der Waals surface area contributed by atoms with Gasteiger partial charge in [0, 0.05) is 22.4 Å². The molecule has 4 rings (SSSR count). The van der Waals surface area contributed by atoms with Crippen LogP contribution in [0.1, 0.15) is 62.4 Å². The highest BCUT2D eigenvalue weighted by atomic mass is 16.5. The molecule has 0 aromatic heterocycles. The number of ether oxygens (including phenoxy) is 1. The molecule has 1 saturated carbocycles. The molecule has 0 radical (unpaired) electrons. The number of benzene rings is 2. The first-order valence-electron chi connectivity index (χ1n) is 11.1. The second kappa shape index (κ2) is 8.07. The van der Waals surface area contributed by atoms with Gasteiger partial charge < -0.3 is 15.4 Å². The van der Waals surface area contributed by atoms with Crippen molar-refractivity contribution >= 4 is 5.91 Å². The van der Waals surface area contributed by atoms with Crippen LogP contribution in [-0.2, 0) is 0 Å². The van der Waals surface area contributed by atoms with Gasteiger partial charge >= 0.3 is 0 Å². The molecule has 4 nitrogen and oxygen atoms in total. The van der Waals surface area contributed by atoms with E-state index >= 15 is 0 Å². The highest BCUT2D eigenvalue weighted by Gasteiger charge is 2.64. The molecule has 160 valence electrons. The van der Waals surface area contributed by atoms with Crippen molar-refractivity contribution in [2.75, 3.05) is 13.1 Å². The van der Waals surface area contributed by atoms with E-state index in [0.29, 0.717) is 5.92 Å². The zero-order valence-electron chi connectivity index (χ0n) is 18.6. The smallest absolute Gasteiger partial charge is 0.251 e. The predicted octanol–water partition coefficient (Wildman–Crippen LogP) is 4.77. The first-order chi connectivity index (χ1) is 14.3. The highest BCUT2D eigenvalue weighted by Crippen LogP contribution is 2.55. The number of nitrogens with one attached hydrogen (secondary N) is 2. The molecule has 1 amide bonds. The summed E-state index contributed by atoms with van der Waals surface area (Å²) in [6, 6.07) is 18.2. The molecule has 0 spiro atoms. The molecule has 2 aromatic rings. The van der Waals surface area contributed by atoms with Gasteiger partial charge in [0.2, 0.25) is 0 Å². The Hall–Kier alpha value is -2.33. The average Bonchev–Trinajstić information content (AvgIpc) is 2.76. The summed E-state index contributed by atoms with van der Waals surface area (Å²) in [5.41, 5.74) is 1.74. The Morgan fingerprint density at radius 3 is 2.13 bits per heavy atom. The van der Waals surface area contributed by atoms with E-state index in [2.05, 4.69) is 50.5 Å². The molecule has 1 saturated heterocycles. The van der Waals surface area contributed by atoms with Crippen LogP contribution in [0, 0.1) is 10.8 Å². The largest absolute Gasteiger partial charge is 0.489 e. The van der Waals surface area contributed by atoms with Gasteiger partial charge in [-0.25, -0.2) is 0 Å². The second-order valence-electron chi connectivity index (χ2n) is 10.0. The van der Waals surface area contributed by atoms with Crippen LogP contribution in [0.4, 0.5) is 0 Å². The normalized spacial score (nSPS) is 25.2. The van der Waals surface area contributed by atoms with Crippen LogP contribution in [0.3, 0.4) is 0 Å². The fourth-order valence-electron chi connectivity index (χ4n) is 5.71. The summed E-state index contributed by atoms with van der Waals surface area (Å²) in [6.07, 6.45) is 2.36. The Kier molecular flexibility index (Phi) is 5.63. The summed E-state index contributed by atoms with van der Waals surface area (Å²) in [7, 11) is 0. The van der Waals surface area contributed by atoms with E-state index in [0.717, 1.165) is 24.4 Å². The number of rotatable bonds is 5. The van der Waals surface area contributed by atoms with Crippen LogP contribution in [0.5, 0.6) is 5.75 Å². The van der Waals surface area contributed by atoms with Crippen LogP contribution in [0.2, 0.25) is 0 Å². The standard InChI is InChI=1S/C26H34N2O2/c1-25(2)23(26(3,4)24(25)30-21-8-6-5-7-9-21)28-22(29)20-12-10-18(11-13-20)19-14-16-27-17-15-19/h5-13,19,23-24,27H,14-17H2,1-4H3,(H,28,29). The molecule has 0 bridgehead atoms. The monoisotopic (exact) mass is 406 g/mol. The lowest BCUT2D eigenvalue weighted by molar-refractivity contribution is -0.164. The van der Waals surface area contributed by atoms with Crippen molar-refractivity contribution in [3.05, 3.63) is 65.7 Å². The number of piperidine rings is 1. The zero-order chi connectivity index (χ0) is 21.4. The van der Waals surface area contributed by atoms with Crippen LogP contribution in [0.25, 0.3) is 0 Å². The lowest BCUT2D eigenvalue weighted by atomic mass is 9.49. The maximum Gasteiger partial charge on any atom is 0.251 e. The third-order valence-electron chi connectivity index (χ3n) is 7.10. The Morgan fingerprint density at radius 2 is 1.53 bits per heavy atom. The summed E-state index contributed by atoms with van der Waals surface area (Å²) in [4.78, 5) is 13.0. The van der Waals surface area contributed by atoms with Gasteiger partial charge in [-0.05, 0) is 61.7 Å². The van der Waals surface area contributed by atoms with Crippen LogP contribution in [-0.4, -0.2) is 31.1 Å². The summed E-state index contributed by atoms with van der Waals surface area (Å²) in [5.74, 6) is 1.47. The van der Waals surface area contributed by atoms with E-state index in [9.17, 15) is 4.79 Å². The minimum absolute atomic E-state index is 0.00354. The Balaban J connectivity index is 1.42. The van der Waals surface area contributed by atoms with Crippen molar-refractivity contribution in [3.63, 3.8) is 0 Å². The molecule has 0 atom stereocenters. The Labute approximate surface area is 180 Å². The van der Waals surface area contributed by atoms with Gasteiger partial charge in [0.05, 0.1) is 0 Å². The average molecular weight is 407 g/mol. The molecular weight excluding hydrogens is 372 g/mol. The maximum atomic E-state index is 13.0. The lowest BCUT2D eigenvalue weighted by Crippen LogP contribution is -2.74. The molecule has 2 aromatic carbocycles. The molecule has 1 aliphatic heterocycles. The van der Waals surface area contributed by atoms with Gasteiger partial charge in [-0.15, -0.1) is 0 Å². The van der Waals surface area contributed by atoms with Gasteiger partial charge in [0.1, 0.15) is 11.9 Å². The maximum absolute atomic E-state index is 13.0. The Morgan fingerprint density at radius 1 is 0.933 bits per heavy atom. The number of carbonyl (C=O) groups is 1. The second-order valence-corrected chi connectivity index (χ2v) is 10.0. The molecule has 4 heteroatoms. The van der Waals surface area contributed by atoms with Crippen molar-refractivity contribution in [2.45, 2.75) is 58.6 Å². The van der Waals surface area contributed by atoms with Gasteiger partial charge in [0.15, 0.2) is 0 Å². The SMILES string of the molecule is CC1(C)C(NC(=O)c2ccc(C3CCNCC3)cc2)C(C)(C)C1Oc1ccccc1. The quantitative estimate of drug-likeness (QED) is 0.752. The molecular formula is C26H34N2O2. The summed E-state index contributed by atoms with van der Waals surface area (Å²) in [5, 5.41) is 6.71. The van der Waals surface area contributed by atoms with Crippen molar-refractivity contribution in [1.29, 1.82) is 0 Å². The molecule has 30 heavy (non-hydrogen) atoms. The highest BCUT2D eigenvalue weighted by molar-refractivity contribution is 5.94. The van der Waals surface area contributed by atoms with Gasteiger partial charge in [-0.2, -0.15) is 0 Å². The van der Waals surface area contributed by atoms with Crippen LogP contribution < -0.4 is 15.4 Å².